The third-order valence-corrected chi connectivity index (χ3v) is 2.89. The summed E-state index contributed by atoms with van der Waals surface area (Å²) in [4.78, 5) is 11.5. The Hall–Kier alpha value is -1.08. The van der Waals surface area contributed by atoms with Gasteiger partial charge in [-0.15, -0.1) is 0 Å². The predicted molar refractivity (Wildman–Crippen MR) is 53.1 cm³/mol. The van der Waals surface area contributed by atoms with Gasteiger partial charge in [0.2, 0.25) is 5.91 Å². The largest absolute Gasteiger partial charge is 0.343 e. The number of nitrogens with two attached hydrogens (primary N) is 1. The van der Waals surface area contributed by atoms with E-state index in [4.69, 9.17) is 11.0 Å². The number of carbonyl (C=O) groups excluding carboxylic acids is 1. The van der Waals surface area contributed by atoms with Crippen LogP contribution in [-0.4, -0.2) is 19.0 Å². The van der Waals surface area contributed by atoms with Crippen molar-refractivity contribution in [3.63, 3.8) is 0 Å². The first-order valence-electron chi connectivity index (χ1n) is 5.12. The fraction of sp³-hybridized carbons (Fsp3) is 0.800. The average Bonchev–Trinajstić information content (AvgIpc) is 2.26. The molecule has 3 N–H and O–H groups in total. The number of nitrogens with zero attached hydrogens (tertiary/aromatic N) is 1. The van der Waals surface area contributed by atoms with Crippen LogP contribution >= 0.6 is 0 Å². The van der Waals surface area contributed by atoms with E-state index in [0.717, 1.165) is 32.2 Å². The average molecular weight is 195 g/mol. The second-order valence-corrected chi connectivity index (χ2v) is 3.83. The van der Waals surface area contributed by atoms with Crippen molar-refractivity contribution >= 4 is 5.91 Å². The highest BCUT2D eigenvalue weighted by molar-refractivity contribution is 5.78. The lowest BCUT2D eigenvalue weighted by atomic mass is 9.81. The van der Waals surface area contributed by atoms with Gasteiger partial charge in [-0.25, -0.2) is 0 Å². The van der Waals surface area contributed by atoms with Gasteiger partial charge < -0.3 is 11.1 Å². The minimum atomic E-state index is 0.0296. The molecule has 0 unspecified atom stereocenters. The Morgan fingerprint density at radius 3 is 2.57 bits per heavy atom. The Balaban J connectivity index is 2.27. The van der Waals surface area contributed by atoms with E-state index in [-0.39, 0.29) is 18.4 Å². The van der Waals surface area contributed by atoms with Crippen LogP contribution in [0.1, 0.15) is 25.7 Å². The number of rotatable bonds is 3. The Morgan fingerprint density at radius 1 is 1.43 bits per heavy atom. The number of hydrogen-bond donors (Lipinski definition) is 2. The Labute approximate surface area is 84.5 Å². The fourth-order valence-electron chi connectivity index (χ4n) is 1.93. The summed E-state index contributed by atoms with van der Waals surface area (Å²) in [5.41, 5.74) is 5.56. The number of hydrogen-bond acceptors (Lipinski definition) is 3. The van der Waals surface area contributed by atoms with Crippen LogP contribution in [0.15, 0.2) is 0 Å². The van der Waals surface area contributed by atoms with Crippen LogP contribution in [0.25, 0.3) is 0 Å². The Bertz CT molecular complexity index is 226. The maximum atomic E-state index is 11.5. The summed E-state index contributed by atoms with van der Waals surface area (Å²) in [5.74, 6) is 0.725. The highest BCUT2D eigenvalue weighted by Gasteiger charge is 2.25. The first kappa shape index (κ1) is 11.0. The minimum absolute atomic E-state index is 0.0296. The fourth-order valence-corrected chi connectivity index (χ4v) is 1.93. The summed E-state index contributed by atoms with van der Waals surface area (Å²) in [5, 5.41) is 10.9. The van der Waals surface area contributed by atoms with Gasteiger partial charge in [-0.2, -0.15) is 5.26 Å². The maximum Gasteiger partial charge on any atom is 0.223 e. The van der Waals surface area contributed by atoms with Gasteiger partial charge in [-0.05, 0) is 38.1 Å². The van der Waals surface area contributed by atoms with Crippen LogP contribution < -0.4 is 11.1 Å². The molecule has 4 heteroatoms. The molecule has 1 fully saturated rings. The molecule has 78 valence electrons. The molecule has 0 heterocycles. The second-order valence-electron chi connectivity index (χ2n) is 3.83. The van der Waals surface area contributed by atoms with Crippen LogP contribution in [0, 0.1) is 23.2 Å². The molecule has 0 saturated heterocycles. The molecule has 1 aliphatic carbocycles. The third-order valence-electron chi connectivity index (χ3n) is 2.89. The van der Waals surface area contributed by atoms with Gasteiger partial charge in [0.05, 0.1) is 6.07 Å². The zero-order valence-corrected chi connectivity index (χ0v) is 8.33. The molecule has 0 aromatic heterocycles. The first-order chi connectivity index (χ1) is 6.77. The van der Waals surface area contributed by atoms with Crippen molar-refractivity contribution in [3.8, 4) is 6.07 Å². The van der Waals surface area contributed by atoms with Gasteiger partial charge in [0.15, 0.2) is 0 Å². The number of amides is 1. The van der Waals surface area contributed by atoms with Crippen molar-refractivity contribution in [2.24, 2.45) is 17.6 Å². The van der Waals surface area contributed by atoms with E-state index in [1.165, 1.54) is 0 Å². The lowest BCUT2D eigenvalue weighted by Gasteiger charge is -2.26. The van der Waals surface area contributed by atoms with Crippen LogP contribution in [0.2, 0.25) is 0 Å². The molecule has 0 aliphatic heterocycles. The van der Waals surface area contributed by atoms with Gasteiger partial charge in [-0.3, -0.25) is 4.79 Å². The maximum absolute atomic E-state index is 11.5. The summed E-state index contributed by atoms with van der Waals surface area (Å²) in [6.07, 6.45) is 3.92. The summed E-state index contributed by atoms with van der Waals surface area (Å²) in [7, 11) is 0. The molecule has 4 nitrogen and oxygen atoms in total. The first-order valence-corrected chi connectivity index (χ1v) is 5.12. The Morgan fingerprint density at radius 2 is 2.07 bits per heavy atom. The number of nitrogens with one attached hydrogen (secondary N) is 1. The van der Waals surface area contributed by atoms with E-state index >= 15 is 0 Å². The molecule has 0 bridgehead atoms. The van der Waals surface area contributed by atoms with E-state index in [9.17, 15) is 4.79 Å². The lowest BCUT2D eigenvalue weighted by Crippen LogP contribution is -2.34. The number of nitriles is 1. The summed E-state index contributed by atoms with van der Waals surface area (Å²) < 4.78 is 0. The molecule has 1 aliphatic rings. The van der Waals surface area contributed by atoms with Crippen LogP contribution in [0.5, 0.6) is 0 Å². The molecular formula is C10H17N3O. The molecule has 0 radical (unpaired) electrons. The molecule has 0 aromatic carbocycles. The van der Waals surface area contributed by atoms with E-state index in [0.29, 0.717) is 5.92 Å². The molecule has 1 rings (SSSR count). The molecule has 14 heavy (non-hydrogen) atoms. The van der Waals surface area contributed by atoms with Crippen molar-refractivity contribution in [1.82, 2.24) is 5.32 Å². The van der Waals surface area contributed by atoms with Crippen molar-refractivity contribution in [2.45, 2.75) is 25.7 Å². The molecule has 0 spiro atoms. The van der Waals surface area contributed by atoms with Crippen LogP contribution in [0.3, 0.4) is 0 Å². The van der Waals surface area contributed by atoms with Gasteiger partial charge in [-0.1, -0.05) is 0 Å². The topological polar surface area (TPSA) is 78.9 Å². The van der Waals surface area contributed by atoms with E-state index in [1.807, 2.05) is 6.07 Å². The smallest absolute Gasteiger partial charge is 0.223 e. The molecule has 1 saturated carbocycles. The van der Waals surface area contributed by atoms with Crippen molar-refractivity contribution < 1.29 is 4.79 Å². The summed E-state index contributed by atoms with van der Waals surface area (Å²) >= 11 is 0. The lowest BCUT2D eigenvalue weighted by molar-refractivity contribution is -0.125. The van der Waals surface area contributed by atoms with Gasteiger partial charge in [0.25, 0.3) is 0 Å². The highest BCUT2D eigenvalue weighted by atomic mass is 16.1. The van der Waals surface area contributed by atoms with Gasteiger partial charge in [0, 0.05) is 5.92 Å². The van der Waals surface area contributed by atoms with Crippen molar-refractivity contribution in [1.29, 1.82) is 5.26 Å². The van der Waals surface area contributed by atoms with Crippen LogP contribution in [0.4, 0.5) is 0 Å². The monoisotopic (exact) mass is 195 g/mol. The summed E-state index contributed by atoms with van der Waals surface area (Å²) in [6.45, 7) is 0.849. The minimum Gasteiger partial charge on any atom is -0.343 e. The van der Waals surface area contributed by atoms with Crippen LogP contribution in [-0.2, 0) is 4.79 Å². The summed E-state index contributed by atoms with van der Waals surface area (Å²) in [6, 6.07) is 1.91. The highest BCUT2D eigenvalue weighted by Crippen LogP contribution is 2.27. The van der Waals surface area contributed by atoms with Gasteiger partial charge >= 0.3 is 0 Å². The zero-order valence-electron chi connectivity index (χ0n) is 8.33. The van der Waals surface area contributed by atoms with Gasteiger partial charge in [0.1, 0.15) is 6.54 Å². The zero-order chi connectivity index (χ0) is 10.4. The SMILES string of the molecule is N#CCNC(=O)C1CCC(CN)CC1. The van der Waals surface area contributed by atoms with Crippen molar-refractivity contribution in [2.75, 3.05) is 13.1 Å². The van der Waals surface area contributed by atoms with E-state index in [2.05, 4.69) is 5.32 Å². The molecular weight excluding hydrogens is 178 g/mol. The quantitative estimate of drug-likeness (QED) is 0.639. The molecule has 1 amide bonds. The van der Waals surface area contributed by atoms with E-state index < -0.39 is 0 Å². The number of carbonyl (C=O) groups is 1. The van der Waals surface area contributed by atoms with Crippen molar-refractivity contribution in [3.05, 3.63) is 0 Å². The Kier molecular flexibility index (Phi) is 4.41. The normalized spacial score (nSPS) is 26.6. The molecule has 0 aromatic rings. The van der Waals surface area contributed by atoms with E-state index in [1.54, 1.807) is 0 Å². The second kappa shape index (κ2) is 5.61. The predicted octanol–water partition coefficient (Wildman–Crippen LogP) is 0.391. The molecule has 0 atom stereocenters. The standard InChI is InChI=1S/C10H17N3O/c11-5-6-13-10(14)9-3-1-8(7-12)2-4-9/h8-9H,1-4,6-7,12H2,(H,13,14). The third kappa shape index (κ3) is 3.00.